The average molecular weight is 509 g/mol. The molecule has 1 aliphatic heterocycles. The van der Waals surface area contributed by atoms with Crippen molar-refractivity contribution in [3.8, 4) is 5.75 Å². The highest BCUT2D eigenvalue weighted by atomic mass is 31.2. The fraction of sp³-hybridized carbons (Fsp3) is 0.556. The van der Waals surface area contributed by atoms with Crippen LogP contribution in [0.25, 0.3) is 11.0 Å². The lowest BCUT2D eigenvalue weighted by Gasteiger charge is -2.32. The Bertz CT molecular complexity index is 1280. The van der Waals surface area contributed by atoms with E-state index < -0.39 is 7.14 Å². The Morgan fingerprint density at radius 3 is 2.58 bits per heavy atom. The van der Waals surface area contributed by atoms with E-state index in [1.54, 1.807) is 7.11 Å². The van der Waals surface area contributed by atoms with Gasteiger partial charge in [0.25, 0.3) is 0 Å². The van der Waals surface area contributed by atoms with Crippen molar-refractivity contribution in [2.45, 2.75) is 64.0 Å². The van der Waals surface area contributed by atoms with Crippen molar-refractivity contribution < 1.29 is 9.30 Å². The Morgan fingerprint density at radius 2 is 1.86 bits per heavy atom. The SMILES string of the molecule is COc1cc(P2(=O)CCN(C3CC3)CC2)ccc1Nc1nc(NC2CCCCC2)c2c(C)c[nH]c2n1. The highest BCUT2D eigenvalue weighted by Gasteiger charge is 2.37. The largest absolute Gasteiger partial charge is 0.495 e. The minimum atomic E-state index is -2.41. The van der Waals surface area contributed by atoms with E-state index in [1.807, 2.05) is 24.4 Å². The van der Waals surface area contributed by atoms with Crippen LogP contribution in [0.15, 0.2) is 24.4 Å². The Morgan fingerprint density at radius 1 is 1.08 bits per heavy atom. The normalized spacial score (nSPS) is 20.9. The van der Waals surface area contributed by atoms with Crippen molar-refractivity contribution in [3.05, 3.63) is 30.0 Å². The molecule has 0 amide bonds. The van der Waals surface area contributed by atoms with Gasteiger partial charge in [0.1, 0.15) is 24.4 Å². The number of aromatic nitrogens is 3. The lowest BCUT2D eigenvalue weighted by molar-refractivity contribution is 0.285. The third kappa shape index (κ3) is 4.73. The van der Waals surface area contributed by atoms with Crippen LogP contribution in [-0.4, -0.2) is 64.5 Å². The zero-order valence-electron chi connectivity index (χ0n) is 21.3. The number of ether oxygens (including phenoxy) is 1. The van der Waals surface area contributed by atoms with Gasteiger partial charge in [-0.1, -0.05) is 19.3 Å². The highest BCUT2D eigenvalue weighted by Crippen LogP contribution is 2.49. The Hall–Kier alpha value is -2.57. The molecule has 0 radical (unpaired) electrons. The molecule has 3 aliphatic rings. The van der Waals surface area contributed by atoms with Crippen molar-refractivity contribution in [2.75, 3.05) is 43.2 Å². The summed E-state index contributed by atoms with van der Waals surface area (Å²) in [4.78, 5) is 15.4. The van der Waals surface area contributed by atoms with Gasteiger partial charge >= 0.3 is 0 Å². The molecule has 0 atom stereocenters. The molecule has 0 bridgehead atoms. The summed E-state index contributed by atoms with van der Waals surface area (Å²) in [7, 11) is -0.754. The van der Waals surface area contributed by atoms with Crippen molar-refractivity contribution in [2.24, 2.45) is 0 Å². The molecule has 0 unspecified atom stereocenters. The van der Waals surface area contributed by atoms with Crippen LogP contribution in [0.3, 0.4) is 0 Å². The summed E-state index contributed by atoms with van der Waals surface area (Å²) in [6, 6.07) is 7.09. The van der Waals surface area contributed by atoms with Gasteiger partial charge in [-0.15, -0.1) is 0 Å². The third-order valence-corrected chi connectivity index (χ3v) is 11.2. The summed E-state index contributed by atoms with van der Waals surface area (Å²) in [5, 5.41) is 9.02. The van der Waals surface area contributed by atoms with Gasteiger partial charge < -0.3 is 24.9 Å². The number of H-pyrrole nitrogens is 1. The second kappa shape index (κ2) is 9.71. The molecule has 1 aromatic carbocycles. The Balaban J connectivity index is 1.25. The van der Waals surface area contributed by atoms with E-state index in [1.165, 1.54) is 44.9 Å². The van der Waals surface area contributed by atoms with E-state index in [9.17, 15) is 4.57 Å². The lowest BCUT2D eigenvalue weighted by atomic mass is 9.95. The first kappa shape index (κ1) is 23.8. The van der Waals surface area contributed by atoms with Gasteiger partial charge in [-0.3, -0.25) is 4.90 Å². The maximum atomic E-state index is 13.8. The summed E-state index contributed by atoms with van der Waals surface area (Å²) in [5.41, 5.74) is 2.72. The fourth-order valence-electron chi connectivity index (χ4n) is 5.81. The second-order valence-electron chi connectivity index (χ2n) is 10.7. The minimum absolute atomic E-state index is 0.441. The summed E-state index contributed by atoms with van der Waals surface area (Å²) < 4.78 is 19.5. The lowest BCUT2D eigenvalue weighted by Crippen LogP contribution is -2.38. The van der Waals surface area contributed by atoms with Crippen molar-refractivity contribution in [3.63, 3.8) is 0 Å². The van der Waals surface area contributed by atoms with Gasteiger partial charge in [0.2, 0.25) is 5.95 Å². The van der Waals surface area contributed by atoms with Crippen LogP contribution in [-0.2, 0) is 4.57 Å². The molecular formula is C27H37N6O2P. The van der Waals surface area contributed by atoms with Crippen LogP contribution >= 0.6 is 7.14 Å². The van der Waals surface area contributed by atoms with Crippen LogP contribution in [0.4, 0.5) is 17.5 Å². The topological polar surface area (TPSA) is 95.2 Å². The number of aromatic amines is 1. The number of benzene rings is 1. The molecule has 3 fully saturated rings. The predicted octanol–water partition coefficient (Wildman–Crippen LogP) is 5.23. The first-order chi connectivity index (χ1) is 17.5. The van der Waals surface area contributed by atoms with Crippen molar-refractivity contribution >= 4 is 40.9 Å². The summed E-state index contributed by atoms with van der Waals surface area (Å²) in [6.45, 7) is 3.95. The van der Waals surface area contributed by atoms with Crippen LogP contribution in [0, 0.1) is 6.92 Å². The van der Waals surface area contributed by atoms with Crippen molar-refractivity contribution in [1.29, 1.82) is 0 Å². The number of aryl methyl sites for hydroxylation is 1. The van der Waals surface area contributed by atoms with Gasteiger partial charge in [0.15, 0.2) is 0 Å². The van der Waals surface area contributed by atoms with Crippen molar-refractivity contribution in [1.82, 2.24) is 19.9 Å². The predicted molar refractivity (Wildman–Crippen MR) is 147 cm³/mol. The molecule has 2 aliphatic carbocycles. The summed E-state index contributed by atoms with van der Waals surface area (Å²) in [5.74, 6) is 2.05. The molecule has 2 saturated carbocycles. The van der Waals surface area contributed by atoms with E-state index in [2.05, 4.69) is 27.4 Å². The maximum absolute atomic E-state index is 13.8. The average Bonchev–Trinajstić information content (AvgIpc) is 3.67. The third-order valence-electron chi connectivity index (χ3n) is 8.14. The molecule has 8 nitrogen and oxygen atoms in total. The molecule has 3 heterocycles. The van der Waals surface area contributed by atoms with Gasteiger partial charge in [0.05, 0.1) is 18.2 Å². The molecular weight excluding hydrogens is 471 g/mol. The molecule has 1 saturated heterocycles. The van der Waals surface area contributed by atoms with Gasteiger partial charge in [-0.25, -0.2) is 0 Å². The number of fused-ring (bicyclic) bond motifs is 1. The van der Waals surface area contributed by atoms with Crippen LogP contribution < -0.4 is 20.7 Å². The van der Waals surface area contributed by atoms with Crippen LogP contribution in [0.1, 0.15) is 50.5 Å². The van der Waals surface area contributed by atoms with Gasteiger partial charge in [0, 0.05) is 49.0 Å². The standard InChI is InChI=1S/C27H37N6O2P/c1-18-17-28-25-24(18)26(29-19-6-4-3-5-7-19)32-27(31-25)30-22-11-10-21(16-23(22)35-2)36(34)14-12-33(13-15-36)20-8-9-20/h10-11,16-17,19-20H,3-9,12-15H2,1-2H3,(H3,28,29,30,31,32). The minimum Gasteiger partial charge on any atom is -0.495 e. The number of nitrogens with zero attached hydrogens (tertiary/aromatic N) is 3. The molecule has 36 heavy (non-hydrogen) atoms. The zero-order chi connectivity index (χ0) is 24.7. The number of hydrogen-bond acceptors (Lipinski definition) is 7. The van der Waals surface area contributed by atoms with E-state index >= 15 is 0 Å². The smallest absolute Gasteiger partial charge is 0.231 e. The number of hydrogen-bond donors (Lipinski definition) is 3. The second-order valence-corrected chi connectivity index (χ2v) is 13.9. The van der Waals surface area contributed by atoms with E-state index in [0.29, 0.717) is 17.7 Å². The van der Waals surface area contributed by atoms with Crippen LogP contribution in [0.5, 0.6) is 5.75 Å². The quantitative estimate of drug-likeness (QED) is 0.376. The maximum Gasteiger partial charge on any atom is 0.231 e. The number of methoxy groups -OCH3 is 1. The first-order valence-electron chi connectivity index (χ1n) is 13.4. The molecule has 3 N–H and O–H groups in total. The molecule has 6 rings (SSSR count). The fourth-order valence-corrected chi connectivity index (χ4v) is 8.41. The molecule has 0 spiro atoms. The first-order valence-corrected chi connectivity index (χ1v) is 15.5. The summed E-state index contributed by atoms with van der Waals surface area (Å²) in [6.07, 6.45) is 12.3. The number of rotatable bonds is 7. The van der Waals surface area contributed by atoms with Gasteiger partial charge in [-0.2, -0.15) is 9.97 Å². The van der Waals surface area contributed by atoms with Crippen LogP contribution in [0.2, 0.25) is 0 Å². The molecule has 9 heteroatoms. The van der Waals surface area contributed by atoms with Gasteiger partial charge in [-0.05, 0) is 56.4 Å². The molecule has 192 valence electrons. The van der Waals surface area contributed by atoms with E-state index in [-0.39, 0.29) is 0 Å². The highest BCUT2D eigenvalue weighted by molar-refractivity contribution is 7.71. The number of anilines is 3. The van der Waals surface area contributed by atoms with E-state index in [0.717, 1.165) is 64.9 Å². The monoisotopic (exact) mass is 508 g/mol. The molecule has 3 aromatic rings. The Kier molecular flexibility index (Phi) is 6.42. The zero-order valence-corrected chi connectivity index (χ0v) is 22.2. The summed E-state index contributed by atoms with van der Waals surface area (Å²) >= 11 is 0. The van der Waals surface area contributed by atoms with E-state index in [4.69, 9.17) is 14.7 Å². The molecule has 2 aromatic heterocycles. The Labute approximate surface area is 213 Å². The number of nitrogens with one attached hydrogen (secondary N) is 3.